The molecular weight excluding hydrogens is 382 g/mol. The van der Waals surface area contributed by atoms with E-state index in [0.717, 1.165) is 21.7 Å². The van der Waals surface area contributed by atoms with Gasteiger partial charge in [-0.2, -0.15) is 10.1 Å². The summed E-state index contributed by atoms with van der Waals surface area (Å²) in [5.41, 5.74) is 4.12. The Morgan fingerprint density at radius 1 is 1.26 bits per heavy atom. The molecule has 0 bridgehead atoms. The predicted molar refractivity (Wildman–Crippen MR) is 108 cm³/mol. The maximum atomic E-state index is 13.3. The SMILES string of the molecule is CC1=C(C(=O)Nc2cc(Cl)ccc2C)[C@@H](c2sccc2C)n2ncnc2N1. The summed E-state index contributed by atoms with van der Waals surface area (Å²) in [6.07, 6.45) is 1.49. The summed E-state index contributed by atoms with van der Waals surface area (Å²) in [5.74, 6) is 0.435. The van der Waals surface area contributed by atoms with Crippen molar-refractivity contribution in [3.63, 3.8) is 0 Å². The molecule has 8 heteroatoms. The van der Waals surface area contributed by atoms with Crippen molar-refractivity contribution >= 4 is 40.5 Å². The summed E-state index contributed by atoms with van der Waals surface area (Å²) in [5, 5.41) is 13.1. The second kappa shape index (κ2) is 6.83. The van der Waals surface area contributed by atoms with Gasteiger partial charge in [0, 0.05) is 21.3 Å². The molecule has 0 aliphatic carbocycles. The molecule has 1 aliphatic heterocycles. The molecular formula is C19H18ClN5OS. The Bertz CT molecular complexity index is 1070. The summed E-state index contributed by atoms with van der Waals surface area (Å²) < 4.78 is 1.76. The molecule has 0 radical (unpaired) electrons. The lowest BCUT2D eigenvalue weighted by Crippen LogP contribution is -2.31. The summed E-state index contributed by atoms with van der Waals surface area (Å²) in [7, 11) is 0. The summed E-state index contributed by atoms with van der Waals surface area (Å²) in [4.78, 5) is 18.6. The van der Waals surface area contributed by atoms with Crippen molar-refractivity contribution in [1.82, 2.24) is 14.8 Å². The minimum Gasteiger partial charge on any atom is -0.328 e. The van der Waals surface area contributed by atoms with E-state index in [2.05, 4.69) is 20.7 Å². The lowest BCUT2D eigenvalue weighted by atomic mass is 9.98. The number of nitrogens with one attached hydrogen (secondary N) is 2. The van der Waals surface area contributed by atoms with E-state index in [1.165, 1.54) is 6.33 Å². The number of hydrogen-bond donors (Lipinski definition) is 2. The third kappa shape index (κ3) is 3.13. The molecule has 1 aliphatic rings. The van der Waals surface area contributed by atoms with Crippen molar-refractivity contribution in [2.45, 2.75) is 26.8 Å². The lowest BCUT2D eigenvalue weighted by Gasteiger charge is -2.28. The molecule has 138 valence electrons. The highest BCUT2D eigenvalue weighted by molar-refractivity contribution is 7.10. The largest absolute Gasteiger partial charge is 0.328 e. The highest BCUT2D eigenvalue weighted by Crippen LogP contribution is 2.39. The van der Waals surface area contributed by atoms with E-state index >= 15 is 0 Å². The number of anilines is 2. The van der Waals surface area contributed by atoms with Gasteiger partial charge in [0.2, 0.25) is 5.95 Å². The number of thiophene rings is 1. The number of nitrogens with zero attached hydrogens (tertiary/aromatic N) is 3. The molecule has 0 saturated heterocycles. The van der Waals surface area contributed by atoms with E-state index in [4.69, 9.17) is 11.6 Å². The normalized spacial score (nSPS) is 16.1. The van der Waals surface area contributed by atoms with Crippen LogP contribution in [0.4, 0.5) is 11.6 Å². The molecule has 1 amide bonds. The van der Waals surface area contributed by atoms with Crippen LogP contribution in [0.25, 0.3) is 0 Å². The van der Waals surface area contributed by atoms with Gasteiger partial charge in [-0.05, 0) is 55.5 Å². The number of benzene rings is 1. The average Bonchev–Trinajstić information content (AvgIpc) is 3.25. The molecule has 1 atom stereocenters. The molecule has 1 aromatic carbocycles. The van der Waals surface area contributed by atoms with E-state index < -0.39 is 0 Å². The van der Waals surface area contributed by atoms with Gasteiger partial charge in [-0.15, -0.1) is 11.3 Å². The molecule has 3 aromatic rings. The van der Waals surface area contributed by atoms with Gasteiger partial charge in [-0.25, -0.2) is 4.68 Å². The summed E-state index contributed by atoms with van der Waals surface area (Å²) in [6, 6.07) is 7.16. The van der Waals surface area contributed by atoms with E-state index in [0.29, 0.717) is 22.2 Å². The van der Waals surface area contributed by atoms with Gasteiger partial charge in [-0.1, -0.05) is 17.7 Å². The molecule has 2 N–H and O–H groups in total. The molecule has 0 spiro atoms. The fourth-order valence-electron chi connectivity index (χ4n) is 3.21. The predicted octanol–water partition coefficient (Wildman–Crippen LogP) is 4.54. The fourth-order valence-corrected chi connectivity index (χ4v) is 4.40. The smallest absolute Gasteiger partial charge is 0.255 e. The molecule has 6 nitrogen and oxygen atoms in total. The van der Waals surface area contributed by atoms with Crippen LogP contribution in [-0.4, -0.2) is 20.7 Å². The average molecular weight is 400 g/mol. The number of hydrogen-bond acceptors (Lipinski definition) is 5. The van der Waals surface area contributed by atoms with Crippen LogP contribution in [0.3, 0.4) is 0 Å². The van der Waals surface area contributed by atoms with Crippen LogP contribution < -0.4 is 10.6 Å². The highest BCUT2D eigenvalue weighted by Gasteiger charge is 2.35. The van der Waals surface area contributed by atoms with Crippen molar-refractivity contribution in [2.75, 3.05) is 10.6 Å². The van der Waals surface area contributed by atoms with Gasteiger partial charge in [0.15, 0.2) is 0 Å². The Morgan fingerprint density at radius 2 is 2.07 bits per heavy atom. The van der Waals surface area contributed by atoms with Gasteiger partial charge in [-0.3, -0.25) is 4.79 Å². The maximum absolute atomic E-state index is 13.3. The Labute approximate surface area is 165 Å². The molecule has 3 heterocycles. The van der Waals surface area contributed by atoms with Crippen molar-refractivity contribution < 1.29 is 4.79 Å². The van der Waals surface area contributed by atoms with E-state index in [1.54, 1.807) is 28.2 Å². The standard InChI is InChI=1S/C19H18ClN5OS/c1-10-4-5-13(20)8-14(10)24-18(26)15-12(3)23-19-21-9-22-25(19)16(15)17-11(2)6-7-27-17/h4-9,16H,1-3H3,(H,24,26)(H,21,22,23)/t16-/m0/s1. The molecule has 0 saturated carbocycles. The Balaban J connectivity index is 1.78. The van der Waals surface area contributed by atoms with Gasteiger partial charge < -0.3 is 10.6 Å². The second-order valence-electron chi connectivity index (χ2n) is 6.48. The summed E-state index contributed by atoms with van der Waals surface area (Å²) in [6.45, 7) is 5.85. The van der Waals surface area contributed by atoms with Gasteiger partial charge in [0.1, 0.15) is 12.4 Å². The zero-order chi connectivity index (χ0) is 19.1. The second-order valence-corrected chi connectivity index (χ2v) is 7.86. The van der Waals surface area contributed by atoms with Gasteiger partial charge in [0.05, 0.1) is 5.57 Å². The van der Waals surface area contributed by atoms with Crippen LogP contribution in [0.1, 0.15) is 29.0 Å². The van der Waals surface area contributed by atoms with Gasteiger partial charge in [0.25, 0.3) is 5.91 Å². The topological polar surface area (TPSA) is 71.8 Å². The number of aromatic nitrogens is 3. The number of amides is 1. The number of carbonyl (C=O) groups excluding carboxylic acids is 1. The number of halogens is 1. The highest BCUT2D eigenvalue weighted by atomic mass is 35.5. The Hall–Kier alpha value is -2.64. The lowest BCUT2D eigenvalue weighted by molar-refractivity contribution is -0.113. The van der Waals surface area contributed by atoms with Crippen LogP contribution in [0.2, 0.25) is 5.02 Å². The fraction of sp³-hybridized carbons (Fsp3) is 0.211. The quantitative estimate of drug-likeness (QED) is 0.678. The van der Waals surface area contributed by atoms with E-state index in [9.17, 15) is 4.79 Å². The number of allylic oxidation sites excluding steroid dienone is 1. The van der Waals surface area contributed by atoms with E-state index in [-0.39, 0.29) is 11.9 Å². The van der Waals surface area contributed by atoms with Crippen LogP contribution in [0, 0.1) is 13.8 Å². The van der Waals surface area contributed by atoms with Crippen LogP contribution >= 0.6 is 22.9 Å². The molecule has 0 fully saturated rings. The number of rotatable bonds is 3. The zero-order valence-corrected chi connectivity index (χ0v) is 16.6. The molecule has 2 aromatic heterocycles. The zero-order valence-electron chi connectivity index (χ0n) is 15.1. The maximum Gasteiger partial charge on any atom is 0.255 e. The third-order valence-corrected chi connectivity index (χ3v) is 5.94. The van der Waals surface area contributed by atoms with Crippen molar-refractivity contribution in [3.8, 4) is 0 Å². The summed E-state index contributed by atoms with van der Waals surface area (Å²) >= 11 is 7.71. The minimum absolute atomic E-state index is 0.190. The first kappa shape index (κ1) is 17.8. The molecule has 0 unspecified atom stereocenters. The minimum atomic E-state index is -0.330. The van der Waals surface area contributed by atoms with Crippen LogP contribution in [0.5, 0.6) is 0 Å². The number of aryl methyl sites for hydroxylation is 2. The van der Waals surface area contributed by atoms with E-state index in [1.807, 2.05) is 38.3 Å². The molecule has 27 heavy (non-hydrogen) atoms. The first-order valence-electron chi connectivity index (χ1n) is 8.44. The van der Waals surface area contributed by atoms with Crippen LogP contribution in [-0.2, 0) is 4.79 Å². The third-order valence-electron chi connectivity index (χ3n) is 4.64. The monoisotopic (exact) mass is 399 g/mol. The first-order valence-corrected chi connectivity index (χ1v) is 9.70. The van der Waals surface area contributed by atoms with Crippen molar-refractivity contribution in [2.24, 2.45) is 0 Å². The Kier molecular flexibility index (Phi) is 4.49. The van der Waals surface area contributed by atoms with Crippen molar-refractivity contribution in [1.29, 1.82) is 0 Å². The van der Waals surface area contributed by atoms with Gasteiger partial charge >= 0.3 is 0 Å². The number of carbonyl (C=O) groups is 1. The van der Waals surface area contributed by atoms with Crippen molar-refractivity contribution in [3.05, 3.63) is 68.3 Å². The van der Waals surface area contributed by atoms with Crippen LogP contribution in [0.15, 0.2) is 47.2 Å². The first-order chi connectivity index (χ1) is 13.0. The number of fused-ring (bicyclic) bond motifs is 1. The molecule has 4 rings (SSSR count). The Morgan fingerprint density at radius 3 is 2.81 bits per heavy atom.